The van der Waals surface area contributed by atoms with E-state index in [2.05, 4.69) is 40.9 Å². The molecule has 0 aliphatic carbocycles. The Hall–Kier alpha value is -1.75. The first kappa shape index (κ1) is 20.3. The predicted molar refractivity (Wildman–Crippen MR) is 102 cm³/mol. The third kappa shape index (κ3) is 8.77. The van der Waals surface area contributed by atoms with Gasteiger partial charge in [-0.3, -0.25) is 9.79 Å². The number of carbonyl (C=O) groups excluding carboxylic acids is 1. The fourth-order valence-electron chi connectivity index (χ4n) is 2.31. The molecule has 0 aromatic heterocycles. The Labute approximate surface area is 150 Å². The van der Waals surface area contributed by atoms with Crippen LogP contribution in [0.15, 0.2) is 29.3 Å². The molecular weight excluding hydrogens is 324 g/mol. The second kappa shape index (κ2) is 10.2. The highest BCUT2D eigenvalue weighted by Crippen LogP contribution is 2.23. The van der Waals surface area contributed by atoms with Crippen LogP contribution < -0.4 is 16.0 Å². The molecule has 134 valence electrons. The van der Waals surface area contributed by atoms with Crippen molar-refractivity contribution in [2.75, 3.05) is 26.2 Å². The Kier molecular flexibility index (Phi) is 8.61. The molecule has 6 heteroatoms. The minimum absolute atomic E-state index is 0.0185. The van der Waals surface area contributed by atoms with Gasteiger partial charge in [0.15, 0.2) is 5.96 Å². The average molecular weight is 353 g/mol. The van der Waals surface area contributed by atoms with E-state index in [1.807, 2.05) is 25.1 Å². The minimum Gasteiger partial charge on any atom is -0.357 e. The number of carbonyl (C=O) groups is 1. The Morgan fingerprint density at radius 3 is 2.54 bits per heavy atom. The van der Waals surface area contributed by atoms with Crippen molar-refractivity contribution in [3.8, 4) is 0 Å². The third-order valence-electron chi connectivity index (χ3n) is 3.37. The van der Waals surface area contributed by atoms with Crippen molar-refractivity contribution in [1.29, 1.82) is 0 Å². The second-order valence-corrected chi connectivity index (χ2v) is 7.01. The lowest BCUT2D eigenvalue weighted by atomic mass is 9.86. The Morgan fingerprint density at radius 2 is 1.92 bits per heavy atom. The average Bonchev–Trinajstić information content (AvgIpc) is 2.48. The Balaban J connectivity index is 2.57. The summed E-state index contributed by atoms with van der Waals surface area (Å²) in [6.07, 6.45) is 0.905. The highest BCUT2D eigenvalue weighted by molar-refractivity contribution is 6.30. The molecule has 0 spiro atoms. The minimum atomic E-state index is -0.0265. The van der Waals surface area contributed by atoms with Gasteiger partial charge in [0.05, 0.1) is 0 Å². The van der Waals surface area contributed by atoms with E-state index in [0.717, 1.165) is 23.9 Å². The van der Waals surface area contributed by atoms with E-state index in [-0.39, 0.29) is 11.3 Å². The monoisotopic (exact) mass is 352 g/mol. The molecular formula is C18H29ClN4O. The number of guanidine groups is 1. The summed E-state index contributed by atoms with van der Waals surface area (Å²) in [7, 11) is 0. The van der Waals surface area contributed by atoms with Crippen molar-refractivity contribution in [2.24, 2.45) is 10.4 Å². The number of aliphatic imine (C=N–C) groups is 1. The zero-order chi connectivity index (χ0) is 18.0. The zero-order valence-electron chi connectivity index (χ0n) is 15.1. The zero-order valence-corrected chi connectivity index (χ0v) is 15.8. The van der Waals surface area contributed by atoms with Gasteiger partial charge >= 0.3 is 0 Å². The number of hydrogen-bond acceptors (Lipinski definition) is 2. The summed E-state index contributed by atoms with van der Waals surface area (Å²) in [4.78, 5) is 15.5. The summed E-state index contributed by atoms with van der Waals surface area (Å²) in [5, 5.41) is 9.97. The molecule has 1 amide bonds. The lowest BCUT2D eigenvalue weighted by molar-refractivity contribution is -0.118. The van der Waals surface area contributed by atoms with Crippen molar-refractivity contribution in [3.05, 3.63) is 34.9 Å². The van der Waals surface area contributed by atoms with Crippen LogP contribution in [0.25, 0.3) is 0 Å². The molecule has 0 bridgehead atoms. The van der Waals surface area contributed by atoms with Crippen LogP contribution in [0.2, 0.25) is 5.02 Å². The normalized spacial score (nSPS) is 12.0. The number of rotatable bonds is 8. The van der Waals surface area contributed by atoms with Gasteiger partial charge in [0.2, 0.25) is 5.91 Å². The molecule has 1 rings (SSSR count). The van der Waals surface area contributed by atoms with E-state index in [9.17, 15) is 4.79 Å². The van der Waals surface area contributed by atoms with Crippen molar-refractivity contribution in [2.45, 2.75) is 34.1 Å². The molecule has 0 radical (unpaired) electrons. The Bertz CT molecular complexity index is 558. The van der Waals surface area contributed by atoms with Gasteiger partial charge in [-0.15, -0.1) is 0 Å². The molecule has 0 unspecified atom stereocenters. The summed E-state index contributed by atoms with van der Waals surface area (Å²) in [5.74, 6) is 0.739. The molecule has 0 aliphatic rings. The lowest BCUT2D eigenvalue weighted by Crippen LogP contribution is -2.41. The third-order valence-corrected chi connectivity index (χ3v) is 3.61. The molecule has 3 N–H and O–H groups in total. The first-order valence-electron chi connectivity index (χ1n) is 8.33. The number of nitrogens with one attached hydrogen (secondary N) is 3. The van der Waals surface area contributed by atoms with Crippen LogP contribution in [-0.2, 0) is 11.2 Å². The van der Waals surface area contributed by atoms with Crippen molar-refractivity contribution in [3.63, 3.8) is 0 Å². The van der Waals surface area contributed by atoms with Crippen LogP contribution in [0.4, 0.5) is 0 Å². The molecule has 0 saturated carbocycles. The first-order chi connectivity index (χ1) is 11.3. The van der Waals surface area contributed by atoms with Crippen molar-refractivity contribution in [1.82, 2.24) is 16.0 Å². The van der Waals surface area contributed by atoms with Crippen molar-refractivity contribution < 1.29 is 4.79 Å². The highest BCUT2D eigenvalue weighted by Gasteiger charge is 2.18. The van der Waals surface area contributed by atoms with Gasteiger partial charge < -0.3 is 16.0 Å². The lowest BCUT2D eigenvalue weighted by Gasteiger charge is -2.23. The van der Waals surface area contributed by atoms with Gasteiger partial charge in [-0.1, -0.05) is 37.6 Å². The largest absolute Gasteiger partial charge is 0.357 e. The molecule has 0 atom stereocenters. The van der Waals surface area contributed by atoms with E-state index in [4.69, 9.17) is 11.6 Å². The number of amides is 1. The number of hydrogen-bond donors (Lipinski definition) is 3. The van der Waals surface area contributed by atoms with Crippen molar-refractivity contribution >= 4 is 23.5 Å². The Morgan fingerprint density at radius 1 is 1.21 bits per heavy atom. The predicted octanol–water partition coefficient (Wildman–Crippen LogP) is 2.60. The molecule has 1 aromatic rings. The summed E-state index contributed by atoms with van der Waals surface area (Å²) in [5.41, 5.74) is 1.23. The van der Waals surface area contributed by atoms with Gasteiger partial charge in [-0.05, 0) is 36.5 Å². The number of nitrogens with zero attached hydrogens (tertiary/aromatic N) is 1. The fourth-order valence-corrected chi connectivity index (χ4v) is 2.52. The molecule has 0 heterocycles. The summed E-state index contributed by atoms with van der Waals surface area (Å²) in [6, 6.07) is 7.96. The summed E-state index contributed by atoms with van der Waals surface area (Å²) in [6.45, 7) is 10.6. The van der Waals surface area contributed by atoms with E-state index < -0.39 is 0 Å². The van der Waals surface area contributed by atoms with Crippen LogP contribution in [0.5, 0.6) is 0 Å². The fraction of sp³-hybridized carbons (Fsp3) is 0.556. The molecule has 0 fully saturated rings. The molecule has 24 heavy (non-hydrogen) atoms. The van der Waals surface area contributed by atoms with Crippen LogP contribution in [0, 0.1) is 5.41 Å². The topological polar surface area (TPSA) is 65.5 Å². The van der Waals surface area contributed by atoms with Crippen LogP contribution in [0.3, 0.4) is 0 Å². The smallest absolute Gasteiger partial charge is 0.216 e. The maximum absolute atomic E-state index is 10.9. The molecule has 1 aromatic carbocycles. The molecule has 0 aliphatic heterocycles. The van der Waals surface area contributed by atoms with E-state index in [0.29, 0.717) is 19.6 Å². The van der Waals surface area contributed by atoms with Gasteiger partial charge in [0.1, 0.15) is 0 Å². The van der Waals surface area contributed by atoms with Gasteiger partial charge in [0, 0.05) is 38.1 Å². The van der Waals surface area contributed by atoms with Gasteiger partial charge in [-0.2, -0.15) is 0 Å². The summed E-state index contributed by atoms with van der Waals surface area (Å²) < 4.78 is 0. The number of benzene rings is 1. The van der Waals surface area contributed by atoms with Gasteiger partial charge in [-0.25, -0.2) is 0 Å². The quantitative estimate of drug-likeness (QED) is 0.383. The van der Waals surface area contributed by atoms with Crippen LogP contribution in [-0.4, -0.2) is 38.0 Å². The standard InChI is InChI=1S/C18H29ClN4O/c1-5-20-17(22-10-9-21-14(2)24)23-13-18(3,4)12-15-7-6-8-16(19)11-15/h6-8,11H,5,9-10,12-13H2,1-4H3,(H,21,24)(H2,20,22,23). The van der Waals surface area contributed by atoms with E-state index >= 15 is 0 Å². The summed E-state index contributed by atoms with van der Waals surface area (Å²) >= 11 is 6.06. The second-order valence-electron chi connectivity index (χ2n) is 6.58. The van der Waals surface area contributed by atoms with Crippen LogP contribution in [0.1, 0.15) is 33.3 Å². The van der Waals surface area contributed by atoms with Crippen LogP contribution >= 0.6 is 11.6 Å². The molecule has 0 saturated heterocycles. The SMILES string of the molecule is CCNC(=NCC(C)(C)Cc1cccc(Cl)c1)NCCNC(C)=O. The van der Waals surface area contributed by atoms with Gasteiger partial charge in [0.25, 0.3) is 0 Å². The van der Waals surface area contributed by atoms with E-state index in [1.165, 1.54) is 12.5 Å². The molecule has 5 nitrogen and oxygen atoms in total. The van der Waals surface area contributed by atoms with E-state index in [1.54, 1.807) is 0 Å². The maximum Gasteiger partial charge on any atom is 0.216 e. The number of halogens is 1. The highest BCUT2D eigenvalue weighted by atomic mass is 35.5. The first-order valence-corrected chi connectivity index (χ1v) is 8.71. The maximum atomic E-state index is 10.9.